The van der Waals surface area contributed by atoms with E-state index in [-0.39, 0.29) is 5.82 Å². The van der Waals surface area contributed by atoms with Crippen molar-refractivity contribution in [1.82, 2.24) is 9.55 Å². The average Bonchev–Trinajstić information content (AvgIpc) is 2.41. The Kier molecular flexibility index (Phi) is 2.63. The molecule has 0 saturated carbocycles. The van der Waals surface area contributed by atoms with Gasteiger partial charge >= 0.3 is 0 Å². The van der Waals surface area contributed by atoms with Crippen molar-refractivity contribution in [3.8, 4) is 0 Å². The zero-order valence-electron chi connectivity index (χ0n) is 7.76. The average molecular weight is 243 g/mol. The first-order chi connectivity index (χ1) is 7.08. The molecule has 78 valence electrons. The fourth-order valence-electron chi connectivity index (χ4n) is 1.46. The molecule has 0 aliphatic carbocycles. The van der Waals surface area contributed by atoms with E-state index in [9.17, 15) is 4.39 Å². The molecule has 0 aliphatic rings. The number of hydrogen-bond acceptors (Lipinski definition) is 1. The highest BCUT2D eigenvalue weighted by Crippen LogP contribution is 2.17. The third-order valence-corrected chi connectivity index (χ3v) is 2.51. The summed E-state index contributed by atoms with van der Waals surface area (Å²) < 4.78 is 15.2. The summed E-state index contributed by atoms with van der Waals surface area (Å²) in [5.74, 6) is -0.296. The molecule has 0 atom stereocenters. The largest absolute Gasteiger partial charge is 0.330 e. The van der Waals surface area contributed by atoms with Gasteiger partial charge in [-0.05, 0) is 30.4 Å². The van der Waals surface area contributed by atoms with Crippen molar-refractivity contribution in [1.29, 1.82) is 0 Å². The topological polar surface area (TPSA) is 20.7 Å². The first-order valence-corrected chi connectivity index (χ1v) is 5.08. The summed E-state index contributed by atoms with van der Waals surface area (Å²) in [6.07, 6.45) is 0. The number of rotatable bonds is 2. The number of fused-ring (bicyclic) bond motifs is 1. The van der Waals surface area contributed by atoms with Crippen molar-refractivity contribution >= 4 is 34.9 Å². The van der Waals surface area contributed by atoms with Gasteiger partial charge in [0.2, 0.25) is 0 Å². The maximum Gasteiger partial charge on any atom is 0.178 e. The third kappa shape index (κ3) is 1.96. The van der Waals surface area contributed by atoms with E-state index >= 15 is 0 Å². The Bertz CT molecular complexity index is 585. The maximum atomic E-state index is 12.9. The van der Waals surface area contributed by atoms with Gasteiger partial charge in [0.05, 0.1) is 17.6 Å². The number of nitrogens with zero attached hydrogens (tertiary/aromatic N) is 1. The summed E-state index contributed by atoms with van der Waals surface area (Å²) in [6, 6.07) is 4.45. The summed E-state index contributed by atoms with van der Waals surface area (Å²) >= 11 is 10.8. The Labute approximate surface area is 96.0 Å². The van der Waals surface area contributed by atoms with Crippen LogP contribution in [0.4, 0.5) is 4.39 Å². The molecule has 1 N–H and O–H groups in total. The lowest BCUT2D eigenvalue weighted by atomic mass is 10.3. The summed E-state index contributed by atoms with van der Waals surface area (Å²) in [4.78, 5) is 2.91. The molecular weight excluding hydrogens is 235 g/mol. The molecule has 0 radical (unpaired) electrons. The first-order valence-electron chi connectivity index (χ1n) is 4.29. The van der Waals surface area contributed by atoms with Crippen molar-refractivity contribution in [3.63, 3.8) is 0 Å². The van der Waals surface area contributed by atoms with Crippen LogP contribution < -0.4 is 0 Å². The molecule has 0 saturated heterocycles. The van der Waals surface area contributed by atoms with E-state index in [0.29, 0.717) is 21.9 Å². The van der Waals surface area contributed by atoms with Crippen molar-refractivity contribution in [2.24, 2.45) is 0 Å². The van der Waals surface area contributed by atoms with Gasteiger partial charge in [-0.1, -0.05) is 18.2 Å². The van der Waals surface area contributed by atoms with Crippen LogP contribution in [0.1, 0.15) is 0 Å². The second-order valence-corrected chi connectivity index (χ2v) is 4.12. The van der Waals surface area contributed by atoms with Crippen molar-refractivity contribution in [3.05, 3.63) is 40.4 Å². The minimum atomic E-state index is -0.296. The summed E-state index contributed by atoms with van der Waals surface area (Å²) in [6.45, 7) is 4.03. The Morgan fingerprint density at radius 2 is 2.33 bits per heavy atom. The molecule has 0 fully saturated rings. The van der Waals surface area contributed by atoms with Crippen LogP contribution in [0.3, 0.4) is 0 Å². The molecule has 2 nitrogen and oxygen atoms in total. The minimum Gasteiger partial charge on any atom is -0.330 e. The van der Waals surface area contributed by atoms with Gasteiger partial charge in [0.1, 0.15) is 5.82 Å². The molecule has 0 spiro atoms. The highest BCUT2D eigenvalue weighted by Gasteiger charge is 2.05. The van der Waals surface area contributed by atoms with Gasteiger partial charge in [0, 0.05) is 5.03 Å². The lowest BCUT2D eigenvalue weighted by Gasteiger charge is -2.01. The van der Waals surface area contributed by atoms with Crippen LogP contribution in [0.15, 0.2) is 29.8 Å². The number of hydrogen-bond donors (Lipinski definition) is 1. The molecular formula is C10H8ClFN2S. The predicted molar refractivity (Wildman–Crippen MR) is 62.1 cm³/mol. The van der Waals surface area contributed by atoms with Gasteiger partial charge in [-0.3, -0.25) is 0 Å². The Balaban J connectivity index is 2.68. The standard InChI is InChI=1S/C10H8ClFN2S/c1-6(11)5-14-9-3-2-7(12)4-8(9)13-10(14)15/h2-4H,1,5H2,(H,13,15). The molecule has 5 heteroatoms. The molecule has 2 aromatic rings. The van der Waals surface area contributed by atoms with Gasteiger partial charge in [-0.25, -0.2) is 4.39 Å². The summed E-state index contributed by atoms with van der Waals surface area (Å²) in [7, 11) is 0. The fraction of sp³-hybridized carbons (Fsp3) is 0.100. The lowest BCUT2D eigenvalue weighted by Crippen LogP contribution is -1.96. The van der Waals surface area contributed by atoms with Crippen LogP contribution in [0.25, 0.3) is 11.0 Å². The number of halogens is 2. The van der Waals surface area contributed by atoms with Gasteiger partial charge in [0.25, 0.3) is 0 Å². The minimum absolute atomic E-state index is 0.296. The molecule has 0 aliphatic heterocycles. The normalized spacial score (nSPS) is 10.8. The lowest BCUT2D eigenvalue weighted by molar-refractivity contribution is 0.629. The number of imidazole rings is 1. The zero-order chi connectivity index (χ0) is 11.0. The molecule has 1 heterocycles. The van der Waals surface area contributed by atoms with E-state index < -0.39 is 0 Å². The third-order valence-electron chi connectivity index (χ3n) is 2.07. The second kappa shape index (κ2) is 3.79. The summed E-state index contributed by atoms with van der Waals surface area (Å²) in [5.41, 5.74) is 1.49. The molecule has 2 rings (SSSR count). The molecule has 0 amide bonds. The SMILES string of the molecule is C=C(Cl)Cn1c(=S)[nH]c2cc(F)ccc21. The van der Waals surface area contributed by atoms with Gasteiger partial charge in [-0.2, -0.15) is 0 Å². The predicted octanol–water partition coefficient (Wildman–Crippen LogP) is 3.59. The van der Waals surface area contributed by atoms with Gasteiger partial charge in [0.15, 0.2) is 4.77 Å². The van der Waals surface area contributed by atoms with Crippen LogP contribution in [0, 0.1) is 10.6 Å². The molecule has 0 unspecified atom stereocenters. The molecule has 0 bridgehead atoms. The molecule has 15 heavy (non-hydrogen) atoms. The molecule has 1 aromatic heterocycles. The molecule has 1 aromatic carbocycles. The monoisotopic (exact) mass is 242 g/mol. The van der Waals surface area contributed by atoms with E-state index in [2.05, 4.69) is 11.6 Å². The Hall–Kier alpha value is -1.13. The van der Waals surface area contributed by atoms with Gasteiger partial charge < -0.3 is 9.55 Å². The van der Waals surface area contributed by atoms with E-state index in [4.69, 9.17) is 23.8 Å². The number of allylic oxidation sites excluding steroid dienone is 1. The van der Waals surface area contributed by atoms with Crippen LogP contribution in [0.2, 0.25) is 0 Å². The second-order valence-electron chi connectivity index (χ2n) is 3.20. The van der Waals surface area contributed by atoms with E-state index in [1.54, 1.807) is 10.6 Å². The maximum absolute atomic E-state index is 12.9. The van der Waals surface area contributed by atoms with E-state index in [0.717, 1.165) is 5.52 Å². The fourth-order valence-corrected chi connectivity index (χ4v) is 1.86. The van der Waals surface area contributed by atoms with E-state index in [1.165, 1.54) is 12.1 Å². The number of nitrogens with one attached hydrogen (secondary N) is 1. The number of benzene rings is 1. The Morgan fingerprint density at radius 1 is 1.60 bits per heavy atom. The van der Waals surface area contributed by atoms with Crippen LogP contribution in [-0.2, 0) is 6.54 Å². The quantitative estimate of drug-likeness (QED) is 0.799. The highest BCUT2D eigenvalue weighted by atomic mass is 35.5. The Morgan fingerprint density at radius 3 is 3.00 bits per heavy atom. The highest BCUT2D eigenvalue weighted by molar-refractivity contribution is 7.71. The van der Waals surface area contributed by atoms with Crippen LogP contribution in [0.5, 0.6) is 0 Å². The zero-order valence-corrected chi connectivity index (χ0v) is 9.33. The van der Waals surface area contributed by atoms with Crippen molar-refractivity contribution in [2.75, 3.05) is 0 Å². The number of aromatic amines is 1. The number of H-pyrrole nitrogens is 1. The summed E-state index contributed by atoms with van der Waals surface area (Å²) in [5, 5.41) is 0.483. The first kappa shape index (κ1) is 10.4. The van der Waals surface area contributed by atoms with E-state index in [1.807, 2.05) is 0 Å². The van der Waals surface area contributed by atoms with Crippen LogP contribution in [-0.4, -0.2) is 9.55 Å². The van der Waals surface area contributed by atoms with Crippen LogP contribution >= 0.6 is 23.8 Å². The van der Waals surface area contributed by atoms with Crippen molar-refractivity contribution in [2.45, 2.75) is 6.54 Å². The smallest absolute Gasteiger partial charge is 0.178 e. The van der Waals surface area contributed by atoms with Crippen molar-refractivity contribution < 1.29 is 4.39 Å². The van der Waals surface area contributed by atoms with Gasteiger partial charge in [-0.15, -0.1) is 0 Å². The number of aromatic nitrogens is 2.